The lowest BCUT2D eigenvalue weighted by Gasteiger charge is -2.32. The Hall–Kier alpha value is -1.88. The Morgan fingerprint density at radius 1 is 1.04 bits per heavy atom. The molecule has 0 bridgehead atoms. The van der Waals surface area contributed by atoms with E-state index in [2.05, 4.69) is 22.8 Å². The first kappa shape index (κ1) is 16.6. The van der Waals surface area contributed by atoms with Gasteiger partial charge in [-0.2, -0.15) is 0 Å². The predicted molar refractivity (Wildman–Crippen MR) is 95.9 cm³/mol. The molecule has 1 saturated carbocycles. The topological polar surface area (TPSA) is 61.4 Å². The number of rotatable bonds is 3. The number of carbonyl (C=O) groups excluding carboxylic acids is 2. The SMILES string of the molecule is O=C(NC1CCCC1)C1CCCN1C(=O)C1Cc2ccccc2CN1. The van der Waals surface area contributed by atoms with Crippen LogP contribution in [-0.2, 0) is 22.6 Å². The second-order valence-electron chi connectivity index (χ2n) is 7.59. The number of carbonyl (C=O) groups is 2. The van der Waals surface area contributed by atoms with E-state index in [4.69, 9.17) is 0 Å². The van der Waals surface area contributed by atoms with Crippen molar-refractivity contribution < 1.29 is 9.59 Å². The highest BCUT2D eigenvalue weighted by atomic mass is 16.2. The van der Waals surface area contributed by atoms with Crippen molar-refractivity contribution in [1.29, 1.82) is 0 Å². The van der Waals surface area contributed by atoms with Gasteiger partial charge in [0.25, 0.3) is 0 Å². The lowest BCUT2D eigenvalue weighted by Crippen LogP contribution is -2.54. The van der Waals surface area contributed by atoms with Gasteiger partial charge in [0.05, 0.1) is 6.04 Å². The number of fused-ring (bicyclic) bond motifs is 1. The Kier molecular flexibility index (Phi) is 4.75. The summed E-state index contributed by atoms with van der Waals surface area (Å²) in [6.45, 7) is 1.42. The van der Waals surface area contributed by atoms with Gasteiger partial charge in [0.2, 0.25) is 11.8 Å². The average Bonchev–Trinajstić information content (AvgIpc) is 3.32. The molecule has 0 spiro atoms. The van der Waals surface area contributed by atoms with E-state index in [1.165, 1.54) is 24.0 Å². The molecule has 2 N–H and O–H groups in total. The van der Waals surface area contributed by atoms with Crippen molar-refractivity contribution in [3.8, 4) is 0 Å². The molecule has 5 heteroatoms. The van der Waals surface area contributed by atoms with Crippen LogP contribution in [0.3, 0.4) is 0 Å². The summed E-state index contributed by atoms with van der Waals surface area (Å²) < 4.78 is 0. The minimum atomic E-state index is -0.285. The van der Waals surface area contributed by atoms with Crippen molar-refractivity contribution in [1.82, 2.24) is 15.5 Å². The molecular formula is C20H27N3O2. The fourth-order valence-corrected chi connectivity index (χ4v) is 4.50. The third-order valence-corrected chi connectivity index (χ3v) is 5.92. The number of hydrogen-bond acceptors (Lipinski definition) is 3. The number of hydrogen-bond donors (Lipinski definition) is 2. The zero-order chi connectivity index (χ0) is 17.2. The third kappa shape index (κ3) is 3.43. The van der Waals surface area contributed by atoms with Gasteiger partial charge in [0, 0.05) is 19.1 Å². The van der Waals surface area contributed by atoms with Gasteiger partial charge in [-0.05, 0) is 43.2 Å². The molecule has 2 amide bonds. The van der Waals surface area contributed by atoms with Crippen LogP contribution in [0.25, 0.3) is 0 Å². The maximum absolute atomic E-state index is 13.0. The standard InChI is InChI=1S/C20H27N3O2/c24-19(22-16-8-3-4-9-16)18-10-5-11-23(18)20(25)17-12-14-6-1-2-7-15(14)13-21-17/h1-2,6-7,16-18,21H,3-5,8-13H2,(H,22,24). The van der Waals surface area contributed by atoms with Gasteiger partial charge in [-0.15, -0.1) is 0 Å². The van der Waals surface area contributed by atoms with Gasteiger partial charge in [-0.1, -0.05) is 37.1 Å². The minimum Gasteiger partial charge on any atom is -0.352 e. The van der Waals surface area contributed by atoms with E-state index in [-0.39, 0.29) is 23.9 Å². The molecule has 134 valence electrons. The zero-order valence-corrected chi connectivity index (χ0v) is 14.7. The average molecular weight is 341 g/mol. The largest absolute Gasteiger partial charge is 0.352 e. The molecule has 5 nitrogen and oxygen atoms in total. The van der Waals surface area contributed by atoms with Gasteiger partial charge in [-0.25, -0.2) is 0 Å². The fourth-order valence-electron chi connectivity index (χ4n) is 4.50. The summed E-state index contributed by atoms with van der Waals surface area (Å²) in [4.78, 5) is 27.5. The monoisotopic (exact) mass is 341 g/mol. The number of nitrogens with zero attached hydrogens (tertiary/aromatic N) is 1. The Balaban J connectivity index is 1.41. The summed E-state index contributed by atoms with van der Waals surface area (Å²) in [6, 6.07) is 8.08. The summed E-state index contributed by atoms with van der Waals surface area (Å²) in [5, 5.41) is 6.53. The maximum Gasteiger partial charge on any atom is 0.243 e. The molecule has 2 aliphatic heterocycles. The van der Waals surface area contributed by atoms with E-state index in [0.29, 0.717) is 19.0 Å². The van der Waals surface area contributed by atoms with Crippen LogP contribution < -0.4 is 10.6 Å². The first-order valence-corrected chi connectivity index (χ1v) is 9.63. The van der Waals surface area contributed by atoms with Crippen LogP contribution in [0.4, 0.5) is 0 Å². The van der Waals surface area contributed by atoms with Crippen molar-refractivity contribution in [3.05, 3.63) is 35.4 Å². The fraction of sp³-hybridized carbons (Fsp3) is 0.600. The lowest BCUT2D eigenvalue weighted by atomic mass is 9.95. The summed E-state index contributed by atoms with van der Waals surface area (Å²) in [5.41, 5.74) is 2.51. The van der Waals surface area contributed by atoms with Crippen molar-refractivity contribution in [2.24, 2.45) is 0 Å². The number of benzene rings is 1. The third-order valence-electron chi connectivity index (χ3n) is 5.92. The van der Waals surface area contributed by atoms with E-state index >= 15 is 0 Å². The Morgan fingerprint density at radius 2 is 1.80 bits per heavy atom. The lowest BCUT2D eigenvalue weighted by molar-refractivity contribution is -0.140. The van der Waals surface area contributed by atoms with Gasteiger partial charge >= 0.3 is 0 Å². The number of likely N-dealkylation sites (tertiary alicyclic amines) is 1. The quantitative estimate of drug-likeness (QED) is 0.880. The first-order valence-electron chi connectivity index (χ1n) is 9.63. The van der Waals surface area contributed by atoms with E-state index in [0.717, 1.165) is 32.2 Å². The van der Waals surface area contributed by atoms with Crippen molar-refractivity contribution >= 4 is 11.8 Å². The number of nitrogens with one attached hydrogen (secondary N) is 2. The van der Waals surface area contributed by atoms with E-state index in [1.54, 1.807) is 0 Å². The Morgan fingerprint density at radius 3 is 2.60 bits per heavy atom. The molecule has 2 unspecified atom stereocenters. The van der Waals surface area contributed by atoms with E-state index < -0.39 is 0 Å². The number of amides is 2. The van der Waals surface area contributed by atoms with Crippen LogP contribution in [0.5, 0.6) is 0 Å². The molecule has 3 aliphatic rings. The van der Waals surface area contributed by atoms with Crippen LogP contribution in [0.2, 0.25) is 0 Å². The summed E-state index contributed by atoms with van der Waals surface area (Å²) in [7, 11) is 0. The molecule has 2 atom stereocenters. The van der Waals surface area contributed by atoms with Crippen molar-refractivity contribution in [2.75, 3.05) is 6.54 Å². The summed E-state index contributed by atoms with van der Waals surface area (Å²) >= 11 is 0. The first-order chi connectivity index (χ1) is 12.2. The van der Waals surface area contributed by atoms with Crippen molar-refractivity contribution in [3.63, 3.8) is 0 Å². The molecule has 1 saturated heterocycles. The molecule has 1 aromatic carbocycles. The van der Waals surface area contributed by atoms with Crippen LogP contribution >= 0.6 is 0 Å². The predicted octanol–water partition coefficient (Wildman–Crippen LogP) is 1.75. The maximum atomic E-state index is 13.0. The molecule has 2 fully saturated rings. The normalized spacial score (nSPS) is 26.5. The Bertz CT molecular complexity index is 654. The van der Waals surface area contributed by atoms with E-state index in [9.17, 15) is 9.59 Å². The highest BCUT2D eigenvalue weighted by Gasteiger charge is 2.38. The summed E-state index contributed by atoms with van der Waals surface area (Å²) in [5.74, 6) is 0.132. The molecular weight excluding hydrogens is 314 g/mol. The molecule has 2 heterocycles. The van der Waals surface area contributed by atoms with Crippen LogP contribution in [0.15, 0.2) is 24.3 Å². The van der Waals surface area contributed by atoms with Gasteiger partial charge in [0.1, 0.15) is 6.04 Å². The van der Waals surface area contributed by atoms with Crippen LogP contribution in [0.1, 0.15) is 49.7 Å². The Labute approximate surface area is 149 Å². The second-order valence-corrected chi connectivity index (χ2v) is 7.59. The van der Waals surface area contributed by atoms with Gasteiger partial charge < -0.3 is 15.5 Å². The minimum absolute atomic E-state index is 0.0500. The zero-order valence-electron chi connectivity index (χ0n) is 14.7. The molecule has 1 aromatic rings. The molecule has 1 aliphatic carbocycles. The van der Waals surface area contributed by atoms with E-state index in [1.807, 2.05) is 17.0 Å². The molecule has 0 aromatic heterocycles. The second kappa shape index (κ2) is 7.16. The highest BCUT2D eigenvalue weighted by Crippen LogP contribution is 2.24. The highest BCUT2D eigenvalue weighted by molar-refractivity contribution is 5.90. The molecule has 25 heavy (non-hydrogen) atoms. The van der Waals surface area contributed by atoms with Crippen molar-refractivity contribution in [2.45, 2.75) is 69.6 Å². The van der Waals surface area contributed by atoms with Gasteiger partial charge in [-0.3, -0.25) is 9.59 Å². The summed E-state index contributed by atoms with van der Waals surface area (Å²) in [6.07, 6.45) is 6.96. The van der Waals surface area contributed by atoms with Gasteiger partial charge in [0.15, 0.2) is 0 Å². The van der Waals surface area contributed by atoms with Crippen LogP contribution in [0, 0.1) is 0 Å². The van der Waals surface area contributed by atoms with Crippen LogP contribution in [-0.4, -0.2) is 41.4 Å². The molecule has 4 rings (SSSR count). The smallest absolute Gasteiger partial charge is 0.243 e. The molecule has 0 radical (unpaired) electrons.